The van der Waals surface area contributed by atoms with Crippen molar-refractivity contribution in [2.24, 2.45) is 17.3 Å². The van der Waals surface area contributed by atoms with Gasteiger partial charge in [0, 0.05) is 54.8 Å². The van der Waals surface area contributed by atoms with Crippen LogP contribution in [0.15, 0.2) is 91.0 Å². The molecule has 0 aliphatic carbocycles. The molecular formula is C51H63F3IrN3O2Si-. The third-order valence-electron chi connectivity index (χ3n) is 11.9. The molecule has 1 N–H and O–H groups in total. The van der Waals surface area contributed by atoms with E-state index in [9.17, 15) is 23.1 Å². The van der Waals surface area contributed by atoms with E-state index in [2.05, 4.69) is 93.5 Å². The van der Waals surface area contributed by atoms with Crippen LogP contribution in [0.2, 0.25) is 19.6 Å². The van der Waals surface area contributed by atoms with Gasteiger partial charge in [-0.2, -0.15) is 13.2 Å². The molecule has 0 atom stereocenters. The maximum atomic E-state index is 13.9. The van der Waals surface area contributed by atoms with Gasteiger partial charge in [0.15, 0.2) is 5.78 Å². The number of alkyl halides is 3. The Labute approximate surface area is 375 Å². The van der Waals surface area contributed by atoms with Gasteiger partial charge in [-0.3, -0.25) is 9.78 Å². The van der Waals surface area contributed by atoms with Gasteiger partial charge >= 0.3 is 6.18 Å². The van der Waals surface area contributed by atoms with Crippen LogP contribution in [-0.4, -0.2) is 39.7 Å². The SMILES string of the molecule is CC(C)(C)c1cc(-c2ncnc3c4cc(CC(C)(C)C(F)(F)F)ccc4n(-c4ccc([Si](C)(C)C)cc4)c23)[c-]c2ccccc12.CCC(CC)C(=O)/C=C(\O)C(CC)CC.[Ir]. The number of nitrogens with zero attached hydrogens (tertiary/aromatic N) is 3. The van der Waals surface area contributed by atoms with Gasteiger partial charge in [-0.25, -0.2) is 4.98 Å². The molecule has 5 nitrogen and oxygen atoms in total. The second-order valence-electron chi connectivity index (χ2n) is 18.9. The number of rotatable bonds is 12. The maximum Gasteiger partial charge on any atom is 0.394 e. The third kappa shape index (κ3) is 10.9. The van der Waals surface area contributed by atoms with E-state index in [0.29, 0.717) is 11.1 Å². The van der Waals surface area contributed by atoms with E-state index < -0.39 is 19.7 Å². The molecule has 6 aromatic rings. The fraction of sp³-hybridized carbons (Fsp3) is 0.431. The number of aliphatic hydroxyl groups is 1. The Balaban J connectivity index is 0.000000439. The minimum Gasteiger partial charge on any atom is -0.512 e. The Bertz CT molecular complexity index is 2480. The topological polar surface area (TPSA) is 68.0 Å². The zero-order chi connectivity index (χ0) is 44.4. The Morgan fingerprint density at radius 3 is 1.98 bits per heavy atom. The summed E-state index contributed by atoms with van der Waals surface area (Å²) in [4.78, 5) is 21.3. The van der Waals surface area contributed by atoms with E-state index in [4.69, 9.17) is 9.97 Å². The molecule has 0 bridgehead atoms. The van der Waals surface area contributed by atoms with E-state index in [0.717, 1.165) is 69.8 Å². The molecule has 0 spiro atoms. The number of hydrogen-bond acceptors (Lipinski definition) is 4. The summed E-state index contributed by atoms with van der Waals surface area (Å²) in [5.74, 6) is 0.547. The summed E-state index contributed by atoms with van der Waals surface area (Å²) in [5.41, 5.74) is 4.74. The van der Waals surface area contributed by atoms with Crippen LogP contribution >= 0.6 is 0 Å². The average Bonchev–Trinajstić information content (AvgIpc) is 3.51. The number of allylic oxidation sites excluding steroid dienone is 2. The molecule has 0 aliphatic rings. The minimum atomic E-state index is -4.32. The van der Waals surface area contributed by atoms with Crippen LogP contribution in [0.25, 0.3) is 49.7 Å². The summed E-state index contributed by atoms with van der Waals surface area (Å²) >= 11 is 0. The van der Waals surface area contributed by atoms with Crippen LogP contribution in [0.5, 0.6) is 0 Å². The average molecular weight is 1030 g/mol. The first-order valence-electron chi connectivity index (χ1n) is 21.4. The molecule has 0 fully saturated rings. The number of carbonyl (C=O) groups is 1. The summed E-state index contributed by atoms with van der Waals surface area (Å²) in [7, 11) is -1.54. The first-order valence-corrected chi connectivity index (χ1v) is 24.9. The molecule has 61 heavy (non-hydrogen) atoms. The number of ketones is 1. The standard InChI is InChI=1S/C38H39F3N3Si.C13H24O2.Ir/c1-36(2,3)31-21-26(20-25-11-9-10-12-29(25)31)33-35-34(43-23-42-33)30-19-24(22-37(4,5)38(39,40)41)13-18-32(30)44(35)27-14-16-28(17-15-27)45(6,7)8;1-5-10(6-2)12(14)9-13(15)11(7-3)8-4;/h9-19,21,23H,22H2,1-8H3;9-11,14H,5-8H2,1-4H3;/q-1;;/b;12-9-;. The Morgan fingerprint density at radius 1 is 0.820 bits per heavy atom. The monoisotopic (exact) mass is 1030 g/mol. The molecule has 2 aromatic heterocycles. The number of fused-ring (bicyclic) bond motifs is 4. The van der Waals surface area contributed by atoms with E-state index in [1.807, 2.05) is 58.0 Å². The maximum absolute atomic E-state index is 13.9. The molecule has 0 saturated heterocycles. The van der Waals surface area contributed by atoms with Crippen LogP contribution < -0.4 is 5.19 Å². The normalized spacial score (nSPS) is 12.9. The smallest absolute Gasteiger partial charge is 0.394 e. The number of aromatic nitrogens is 3. The molecule has 6 rings (SSSR count). The summed E-state index contributed by atoms with van der Waals surface area (Å²) in [5, 5.41) is 14.1. The second-order valence-corrected chi connectivity index (χ2v) is 23.9. The van der Waals surface area contributed by atoms with Gasteiger partial charge in [0.25, 0.3) is 0 Å². The molecule has 2 heterocycles. The molecule has 4 aromatic carbocycles. The van der Waals surface area contributed by atoms with E-state index >= 15 is 0 Å². The van der Waals surface area contributed by atoms with Crippen LogP contribution in [0.1, 0.15) is 99.1 Å². The van der Waals surface area contributed by atoms with Crippen LogP contribution in [0.4, 0.5) is 13.2 Å². The number of carbonyl (C=O) groups excluding carboxylic acids is 1. The molecule has 10 heteroatoms. The van der Waals surface area contributed by atoms with Crippen molar-refractivity contribution in [1.29, 1.82) is 0 Å². The van der Waals surface area contributed by atoms with Gasteiger partial charge in [0.05, 0.1) is 35.8 Å². The van der Waals surface area contributed by atoms with Crippen molar-refractivity contribution < 1.29 is 43.2 Å². The molecule has 0 aliphatic heterocycles. The van der Waals surface area contributed by atoms with Gasteiger partial charge in [0.1, 0.15) is 6.33 Å². The Morgan fingerprint density at radius 2 is 1.43 bits per heavy atom. The number of benzene rings is 4. The van der Waals surface area contributed by atoms with Crippen molar-refractivity contribution in [1.82, 2.24) is 14.5 Å². The van der Waals surface area contributed by atoms with Crippen molar-refractivity contribution in [2.45, 2.75) is 126 Å². The predicted molar refractivity (Wildman–Crippen MR) is 247 cm³/mol. The third-order valence-corrected chi connectivity index (χ3v) is 14.0. The van der Waals surface area contributed by atoms with Crippen molar-refractivity contribution in [2.75, 3.05) is 0 Å². The summed E-state index contributed by atoms with van der Waals surface area (Å²) in [6.07, 6.45) is 2.01. The number of aliphatic hydroxyl groups excluding tert-OH is 1. The van der Waals surface area contributed by atoms with Crippen LogP contribution in [-0.2, 0) is 36.7 Å². The molecule has 1 radical (unpaired) electrons. The molecule has 329 valence electrons. The van der Waals surface area contributed by atoms with Crippen molar-refractivity contribution >= 4 is 51.8 Å². The molecule has 0 saturated carbocycles. The van der Waals surface area contributed by atoms with Crippen LogP contribution in [0.3, 0.4) is 0 Å². The largest absolute Gasteiger partial charge is 0.512 e. The van der Waals surface area contributed by atoms with Gasteiger partial charge in [-0.1, -0.05) is 134 Å². The van der Waals surface area contributed by atoms with Crippen molar-refractivity contribution in [3.8, 4) is 16.9 Å². The van der Waals surface area contributed by atoms with Crippen molar-refractivity contribution in [3.05, 3.63) is 108 Å². The number of halogens is 3. The predicted octanol–water partition coefficient (Wildman–Crippen LogP) is 14.0. The summed E-state index contributed by atoms with van der Waals surface area (Å²) in [6, 6.07) is 28.4. The fourth-order valence-electron chi connectivity index (χ4n) is 7.93. The van der Waals surface area contributed by atoms with Crippen molar-refractivity contribution in [3.63, 3.8) is 0 Å². The Hall–Kier alpha value is -4.11. The zero-order valence-corrected chi connectivity index (χ0v) is 41.3. The Kier molecular flexibility index (Phi) is 15.8. The quantitative estimate of drug-likeness (QED) is 0.0574. The van der Waals surface area contributed by atoms with Gasteiger partial charge in [-0.15, -0.1) is 29.1 Å². The van der Waals surface area contributed by atoms with E-state index in [1.54, 1.807) is 6.33 Å². The van der Waals surface area contributed by atoms with Gasteiger partial charge < -0.3 is 9.67 Å². The fourth-order valence-corrected chi connectivity index (χ4v) is 9.10. The molecule has 0 amide bonds. The van der Waals surface area contributed by atoms with Gasteiger partial charge in [-0.05, 0) is 67.3 Å². The summed E-state index contributed by atoms with van der Waals surface area (Å²) < 4.78 is 43.8. The van der Waals surface area contributed by atoms with E-state index in [-0.39, 0.29) is 55.3 Å². The first kappa shape index (κ1) is 49.5. The van der Waals surface area contributed by atoms with Gasteiger partial charge in [0.2, 0.25) is 0 Å². The summed E-state index contributed by atoms with van der Waals surface area (Å²) in [6.45, 7) is 24.1. The second kappa shape index (κ2) is 19.5. The zero-order valence-electron chi connectivity index (χ0n) is 37.9. The minimum absolute atomic E-state index is 0. The molecular weight excluding hydrogens is 964 g/mol. The molecule has 0 unspecified atom stereocenters. The number of hydrogen-bond donors (Lipinski definition) is 1. The first-order chi connectivity index (χ1) is 28.1. The van der Waals surface area contributed by atoms with E-state index in [1.165, 1.54) is 30.7 Å². The van der Waals surface area contributed by atoms with Crippen LogP contribution in [0, 0.1) is 23.3 Å².